The molecule has 112 valence electrons. The predicted molar refractivity (Wildman–Crippen MR) is 76.3 cm³/mol. The number of carboxylic acid groups (broad SMARTS) is 1. The fourth-order valence-electron chi connectivity index (χ4n) is 3.00. The van der Waals surface area contributed by atoms with Crippen LogP contribution in [-0.4, -0.2) is 36.4 Å². The molecule has 1 aliphatic rings. The monoisotopic (exact) mass is 271 g/mol. The largest absolute Gasteiger partial charge is 0.480 e. The van der Waals surface area contributed by atoms with E-state index >= 15 is 0 Å². The van der Waals surface area contributed by atoms with E-state index in [1.165, 1.54) is 12.8 Å². The Kier molecular flexibility index (Phi) is 6.80. The summed E-state index contributed by atoms with van der Waals surface area (Å²) in [4.78, 5) is 11.3. The summed E-state index contributed by atoms with van der Waals surface area (Å²) in [5.74, 6) is 0.00796. The Morgan fingerprint density at radius 1 is 1.47 bits per heavy atom. The number of likely N-dealkylation sites (N-methyl/N-ethyl adjacent to an activating group) is 1. The normalized spacial score (nSPS) is 26.9. The van der Waals surface area contributed by atoms with Gasteiger partial charge >= 0.3 is 5.97 Å². The smallest absolute Gasteiger partial charge is 0.323 e. The zero-order chi connectivity index (χ0) is 14.3. The van der Waals surface area contributed by atoms with E-state index in [9.17, 15) is 9.90 Å². The Balaban J connectivity index is 2.27. The molecule has 0 radical (unpaired) electrons. The van der Waals surface area contributed by atoms with E-state index in [4.69, 9.17) is 4.74 Å². The number of nitrogens with one attached hydrogen (secondary N) is 1. The van der Waals surface area contributed by atoms with Gasteiger partial charge in [0.25, 0.3) is 0 Å². The molecule has 0 amide bonds. The van der Waals surface area contributed by atoms with Crippen molar-refractivity contribution in [1.29, 1.82) is 0 Å². The van der Waals surface area contributed by atoms with Gasteiger partial charge in [-0.3, -0.25) is 4.79 Å². The lowest BCUT2D eigenvalue weighted by Crippen LogP contribution is -2.50. The SMILES string of the molecule is CCC(CCCOC1CCCC(C)C1)(NC)C(=O)O. The molecule has 2 N–H and O–H groups in total. The Hall–Kier alpha value is -0.610. The summed E-state index contributed by atoms with van der Waals surface area (Å²) in [5, 5.41) is 12.3. The molecule has 1 rings (SSSR count). The third kappa shape index (κ3) is 4.77. The van der Waals surface area contributed by atoms with Crippen LogP contribution >= 0.6 is 0 Å². The quantitative estimate of drug-likeness (QED) is 0.666. The van der Waals surface area contributed by atoms with Gasteiger partial charge in [0, 0.05) is 6.61 Å². The number of carboxylic acids is 1. The highest BCUT2D eigenvalue weighted by molar-refractivity contribution is 5.78. The van der Waals surface area contributed by atoms with Gasteiger partial charge in [0.15, 0.2) is 0 Å². The van der Waals surface area contributed by atoms with Gasteiger partial charge in [-0.25, -0.2) is 0 Å². The second kappa shape index (κ2) is 7.85. The maximum absolute atomic E-state index is 11.3. The van der Waals surface area contributed by atoms with Crippen molar-refractivity contribution in [1.82, 2.24) is 5.32 Å². The van der Waals surface area contributed by atoms with Crippen molar-refractivity contribution < 1.29 is 14.6 Å². The van der Waals surface area contributed by atoms with Gasteiger partial charge in [-0.15, -0.1) is 0 Å². The summed E-state index contributed by atoms with van der Waals surface area (Å²) in [7, 11) is 1.72. The van der Waals surface area contributed by atoms with Gasteiger partial charge in [-0.1, -0.05) is 26.7 Å². The highest BCUT2D eigenvalue weighted by Gasteiger charge is 2.34. The summed E-state index contributed by atoms with van der Waals surface area (Å²) >= 11 is 0. The van der Waals surface area contributed by atoms with Crippen molar-refractivity contribution in [3.63, 3.8) is 0 Å². The summed E-state index contributed by atoms with van der Waals surface area (Å²) in [5.41, 5.74) is -0.788. The number of hydrogen-bond acceptors (Lipinski definition) is 3. The first kappa shape index (κ1) is 16.4. The highest BCUT2D eigenvalue weighted by Crippen LogP contribution is 2.26. The van der Waals surface area contributed by atoms with Crippen molar-refractivity contribution in [3.05, 3.63) is 0 Å². The fraction of sp³-hybridized carbons (Fsp3) is 0.933. The average molecular weight is 271 g/mol. The number of ether oxygens (including phenoxy) is 1. The molecule has 0 heterocycles. The lowest BCUT2D eigenvalue weighted by Gasteiger charge is -2.29. The molecule has 0 aliphatic heterocycles. The minimum absolute atomic E-state index is 0.388. The Bertz CT molecular complexity index is 277. The molecule has 0 bridgehead atoms. The van der Waals surface area contributed by atoms with Gasteiger partial charge in [0.2, 0.25) is 0 Å². The minimum atomic E-state index is -0.788. The summed E-state index contributed by atoms with van der Waals surface area (Å²) in [6, 6.07) is 0. The standard InChI is InChI=1S/C15H29NO3/c1-4-15(16-3,14(17)18)9-6-10-19-13-8-5-7-12(2)11-13/h12-13,16H,4-11H2,1-3H3,(H,17,18). The second-order valence-electron chi connectivity index (χ2n) is 5.86. The molecule has 0 aromatic heterocycles. The van der Waals surface area contributed by atoms with E-state index in [0.717, 1.165) is 25.2 Å². The maximum Gasteiger partial charge on any atom is 0.323 e. The number of hydrogen-bond donors (Lipinski definition) is 2. The molecule has 1 fully saturated rings. The molecular weight excluding hydrogens is 242 g/mol. The molecule has 4 heteroatoms. The first-order chi connectivity index (χ1) is 9.04. The Labute approximate surface area is 116 Å². The molecule has 19 heavy (non-hydrogen) atoms. The molecule has 0 saturated heterocycles. The molecule has 0 aromatic carbocycles. The van der Waals surface area contributed by atoms with Crippen molar-refractivity contribution >= 4 is 5.97 Å². The molecule has 3 unspecified atom stereocenters. The van der Waals surface area contributed by atoms with Gasteiger partial charge in [0.1, 0.15) is 5.54 Å². The summed E-state index contributed by atoms with van der Waals surface area (Å²) in [6.45, 7) is 4.87. The number of carbonyl (C=O) groups is 1. The van der Waals surface area contributed by atoms with Crippen molar-refractivity contribution in [2.45, 2.75) is 70.4 Å². The van der Waals surface area contributed by atoms with Crippen LogP contribution in [0, 0.1) is 5.92 Å². The highest BCUT2D eigenvalue weighted by atomic mass is 16.5. The van der Waals surface area contributed by atoms with Crippen molar-refractivity contribution in [2.24, 2.45) is 5.92 Å². The van der Waals surface area contributed by atoms with Crippen molar-refractivity contribution in [2.75, 3.05) is 13.7 Å². The van der Waals surface area contributed by atoms with E-state index in [1.807, 2.05) is 6.92 Å². The lowest BCUT2D eigenvalue weighted by molar-refractivity contribution is -0.145. The van der Waals surface area contributed by atoms with Gasteiger partial charge in [0.05, 0.1) is 6.10 Å². The first-order valence-corrected chi connectivity index (χ1v) is 7.58. The van der Waals surface area contributed by atoms with Crippen LogP contribution < -0.4 is 5.32 Å². The lowest BCUT2D eigenvalue weighted by atomic mass is 9.88. The van der Waals surface area contributed by atoms with E-state index < -0.39 is 11.5 Å². The maximum atomic E-state index is 11.3. The molecule has 1 aliphatic carbocycles. The fourth-order valence-corrected chi connectivity index (χ4v) is 3.00. The van der Waals surface area contributed by atoms with Crippen LogP contribution in [0.2, 0.25) is 0 Å². The molecule has 3 atom stereocenters. The minimum Gasteiger partial charge on any atom is -0.480 e. The Morgan fingerprint density at radius 2 is 2.21 bits per heavy atom. The average Bonchev–Trinajstić information content (AvgIpc) is 2.39. The Morgan fingerprint density at radius 3 is 2.74 bits per heavy atom. The van der Waals surface area contributed by atoms with E-state index in [-0.39, 0.29) is 0 Å². The summed E-state index contributed by atoms with van der Waals surface area (Å²) in [6.07, 6.45) is 7.30. The van der Waals surface area contributed by atoms with E-state index in [1.54, 1.807) is 7.05 Å². The molecule has 0 spiro atoms. The van der Waals surface area contributed by atoms with Crippen LogP contribution in [0.15, 0.2) is 0 Å². The van der Waals surface area contributed by atoms with Crippen LogP contribution in [0.1, 0.15) is 58.8 Å². The van der Waals surface area contributed by atoms with Gasteiger partial charge in [-0.2, -0.15) is 0 Å². The molecule has 0 aromatic rings. The topological polar surface area (TPSA) is 58.6 Å². The molecule has 4 nitrogen and oxygen atoms in total. The van der Waals surface area contributed by atoms with Crippen LogP contribution in [0.3, 0.4) is 0 Å². The molecular formula is C15H29NO3. The van der Waals surface area contributed by atoms with E-state index in [2.05, 4.69) is 12.2 Å². The second-order valence-corrected chi connectivity index (χ2v) is 5.86. The third-order valence-electron chi connectivity index (χ3n) is 4.48. The van der Waals surface area contributed by atoms with E-state index in [0.29, 0.717) is 25.6 Å². The molecule has 1 saturated carbocycles. The zero-order valence-corrected chi connectivity index (χ0v) is 12.6. The van der Waals surface area contributed by atoms with Crippen molar-refractivity contribution in [3.8, 4) is 0 Å². The first-order valence-electron chi connectivity index (χ1n) is 7.58. The van der Waals surface area contributed by atoms with Gasteiger partial charge < -0.3 is 15.2 Å². The van der Waals surface area contributed by atoms with Crippen LogP contribution in [0.25, 0.3) is 0 Å². The number of aliphatic carboxylic acids is 1. The van der Waals surface area contributed by atoms with Crippen LogP contribution in [-0.2, 0) is 9.53 Å². The third-order valence-corrected chi connectivity index (χ3v) is 4.48. The number of rotatable bonds is 8. The van der Waals surface area contributed by atoms with Gasteiger partial charge in [-0.05, 0) is 45.1 Å². The zero-order valence-electron chi connectivity index (χ0n) is 12.6. The van der Waals surface area contributed by atoms with Crippen LogP contribution in [0.5, 0.6) is 0 Å². The predicted octanol–water partition coefficient (Wildman–Crippen LogP) is 2.81. The van der Waals surface area contributed by atoms with Crippen LogP contribution in [0.4, 0.5) is 0 Å². The summed E-state index contributed by atoms with van der Waals surface area (Å²) < 4.78 is 5.90.